The van der Waals surface area contributed by atoms with Crippen molar-refractivity contribution in [2.24, 2.45) is 0 Å². The van der Waals surface area contributed by atoms with E-state index in [4.69, 9.17) is 11.6 Å². The fourth-order valence-electron chi connectivity index (χ4n) is 2.15. The number of imide groups is 1. The summed E-state index contributed by atoms with van der Waals surface area (Å²) in [5.74, 6) is -0.590. The van der Waals surface area contributed by atoms with E-state index in [1.165, 1.54) is 4.57 Å². The maximum atomic E-state index is 12.7. The zero-order valence-electron chi connectivity index (χ0n) is 13.9. The summed E-state index contributed by atoms with van der Waals surface area (Å²) in [5, 5.41) is 3.46. The SMILES string of the molecule is CCCn1c(SCC(=O)NC(=O)OCC)nc2cc(Cl)ccc2c1=O. The Morgan fingerprint density at radius 2 is 2.12 bits per heavy atom. The van der Waals surface area contributed by atoms with Crippen molar-refractivity contribution < 1.29 is 14.3 Å². The van der Waals surface area contributed by atoms with Crippen molar-refractivity contribution in [2.75, 3.05) is 12.4 Å². The lowest BCUT2D eigenvalue weighted by molar-refractivity contribution is -0.117. The molecule has 0 atom stereocenters. The molecule has 134 valence electrons. The van der Waals surface area contributed by atoms with Gasteiger partial charge in [0.15, 0.2) is 5.16 Å². The van der Waals surface area contributed by atoms with E-state index in [2.05, 4.69) is 15.0 Å². The standard InChI is InChI=1S/C16H18ClN3O4S/c1-3-7-20-14(22)11-6-5-10(17)8-12(11)18-15(20)25-9-13(21)19-16(23)24-4-2/h5-6,8H,3-4,7,9H2,1-2H3,(H,19,21,23). The molecule has 0 saturated heterocycles. The summed E-state index contributed by atoms with van der Waals surface area (Å²) in [6, 6.07) is 4.89. The van der Waals surface area contributed by atoms with Crippen LogP contribution in [0.25, 0.3) is 10.9 Å². The molecule has 7 nitrogen and oxygen atoms in total. The molecule has 0 spiro atoms. The van der Waals surface area contributed by atoms with Crippen LogP contribution in [0.2, 0.25) is 5.02 Å². The second kappa shape index (κ2) is 8.87. The van der Waals surface area contributed by atoms with Crippen LogP contribution in [0.3, 0.4) is 0 Å². The predicted molar refractivity (Wildman–Crippen MR) is 97.2 cm³/mol. The Kier molecular flexibility index (Phi) is 6.83. The molecule has 0 aliphatic rings. The van der Waals surface area contributed by atoms with Crippen LogP contribution in [0.5, 0.6) is 0 Å². The van der Waals surface area contributed by atoms with Crippen molar-refractivity contribution >= 4 is 46.3 Å². The molecular formula is C16H18ClN3O4S. The zero-order chi connectivity index (χ0) is 18.4. The number of thioether (sulfide) groups is 1. The van der Waals surface area contributed by atoms with Crippen LogP contribution >= 0.6 is 23.4 Å². The van der Waals surface area contributed by atoms with Gasteiger partial charge in [-0.1, -0.05) is 30.3 Å². The molecule has 1 heterocycles. The Hall–Kier alpha value is -2.06. The average Bonchev–Trinajstić information content (AvgIpc) is 2.56. The van der Waals surface area contributed by atoms with Crippen molar-refractivity contribution in [2.45, 2.75) is 32.0 Å². The van der Waals surface area contributed by atoms with Crippen molar-refractivity contribution in [3.63, 3.8) is 0 Å². The molecule has 0 fully saturated rings. The number of fused-ring (bicyclic) bond motifs is 1. The predicted octanol–water partition coefficient (Wildman–Crippen LogP) is 2.82. The van der Waals surface area contributed by atoms with Gasteiger partial charge in [0.05, 0.1) is 23.3 Å². The number of halogens is 1. The van der Waals surface area contributed by atoms with Crippen molar-refractivity contribution in [3.8, 4) is 0 Å². The zero-order valence-corrected chi connectivity index (χ0v) is 15.4. The summed E-state index contributed by atoms with van der Waals surface area (Å²) in [6.07, 6.45) is -0.0548. The number of hydrogen-bond acceptors (Lipinski definition) is 6. The van der Waals surface area contributed by atoms with Crippen molar-refractivity contribution in [1.82, 2.24) is 14.9 Å². The highest BCUT2D eigenvalue weighted by atomic mass is 35.5. The first-order valence-electron chi connectivity index (χ1n) is 7.75. The van der Waals surface area contributed by atoms with Gasteiger partial charge < -0.3 is 4.74 Å². The number of carbonyl (C=O) groups excluding carboxylic acids is 2. The molecule has 2 amide bonds. The molecule has 25 heavy (non-hydrogen) atoms. The Labute approximate surface area is 153 Å². The topological polar surface area (TPSA) is 90.3 Å². The number of nitrogens with zero attached hydrogens (tertiary/aromatic N) is 2. The number of alkyl carbamates (subject to hydrolysis) is 1. The molecular weight excluding hydrogens is 366 g/mol. The van der Waals surface area contributed by atoms with Gasteiger partial charge in [-0.05, 0) is 31.5 Å². The fraction of sp³-hybridized carbons (Fsp3) is 0.375. The largest absolute Gasteiger partial charge is 0.450 e. The van der Waals surface area contributed by atoms with Crippen molar-refractivity contribution in [1.29, 1.82) is 0 Å². The van der Waals surface area contributed by atoms with Gasteiger partial charge in [0.2, 0.25) is 5.91 Å². The first-order valence-corrected chi connectivity index (χ1v) is 9.12. The Morgan fingerprint density at radius 3 is 2.80 bits per heavy atom. The van der Waals surface area contributed by atoms with Crippen LogP contribution in [0, 0.1) is 0 Å². The third-order valence-corrected chi connectivity index (χ3v) is 4.39. The third kappa shape index (κ3) is 4.96. The highest BCUT2D eigenvalue weighted by Crippen LogP contribution is 2.20. The minimum atomic E-state index is -0.794. The molecule has 0 saturated carbocycles. The number of rotatable bonds is 6. The smallest absolute Gasteiger partial charge is 0.413 e. The normalized spacial score (nSPS) is 10.7. The lowest BCUT2D eigenvalue weighted by Gasteiger charge is -2.12. The maximum absolute atomic E-state index is 12.7. The number of nitrogens with one attached hydrogen (secondary N) is 1. The van der Waals surface area contributed by atoms with E-state index in [1.807, 2.05) is 6.92 Å². The van der Waals surface area contributed by atoms with E-state index in [0.29, 0.717) is 27.6 Å². The minimum Gasteiger partial charge on any atom is -0.450 e. The molecule has 0 unspecified atom stereocenters. The third-order valence-electron chi connectivity index (χ3n) is 3.18. The summed E-state index contributed by atoms with van der Waals surface area (Å²) >= 11 is 7.05. The van der Waals surface area contributed by atoms with E-state index in [-0.39, 0.29) is 17.9 Å². The van der Waals surface area contributed by atoms with Gasteiger partial charge in [0.1, 0.15) is 0 Å². The van der Waals surface area contributed by atoms with Crippen LogP contribution in [-0.2, 0) is 16.1 Å². The van der Waals surface area contributed by atoms with E-state index in [1.54, 1.807) is 25.1 Å². The molecule has 0 aliphatic heterocycles. The number of amides is 2. The monoisotopic (exact) mass is 383 g/mol. The van der Waals surface area contributed by atoms with Crippen LogP contribution in [0.1, 0.15) is 20.3 Å². The quantitative estimate of drug-likeness (QED) is 0.609. The minimum absolute atomic E-state index is 0.0684. The molecule has 1 aromatic carbocycles. The highest BCUT2D eigenvalue weighted by Gasteiger charge is 2.14. The van der Waals surface area contributed by atoms with E-state index >= 15 is 0 Å². The average molecular weight is 384 g/mol. The molecule has 1 N–H and O–H groups in total. The molecule has 2 rings (SSSR count). The molecule has 0 radical (unpaired) electrons. The van der Waals surface area contributed by atoms with E-state index in [9.17, 15) is 14.4 Å². The maximum Gasteiger partial charge on any atom is 0.413 e. The van der Waals surface area contributed by atoms with Gasteiger partial charge in [0.25, 0.3) is 5.56 Å². The molecule has 0 bridgehead atoms. The summed E-state index contributed by atoms with van der Waals surface area (Å²) in [6.45, 7) is 4.24. The summed E-state index contributed by atoms with van der Waals surface area (Å²) < 4.78 is 6.18. The molecule has 2 aromatic rings. The summed E-state index contributed by atoms with van der Waals surface area (Å²) in [7, 11) is 0. The van der Waals surface area contributed by atoms with Crippen LogP contribution in [-0.4, -0.2) is 33.9 Å². The second-order valence-corrected chi connectivity index (χ2v) is 6.45. The number of ether oxygens (including phenoxy) is 1. The first kappa shape index (κ1) is 19.3. The lowest BCUT2D eigenvalue weighted by atomic mass is 10.2. The fourth-order valence-corrected chi connectivity index (χ4v) is 3.14. The summed E-state index contributed by atoms with van der Waals surface area (Å²) in [4.78, 5) is 40.2. The van der Waals surface area contributed by atoms with Gasteiger partial charge >= 0.3 is 6.09 Å². The van der Waals surface area contributed by atoms with Gasteiger partial charge in [-0.15, -0.1) is 0 Å². The van der Waals surface area contributed by atoms with Crippen molar-refractivity contribution in [3.05, 3.63) is 33.6 Å². The number of carbonyl (C=O) groups is 2. The van der Waals surface area contributed by atoms with Crippen LogP contribution in [0.15, 0.2) is 28.2 Å². The molecule has 0 aliphatic carbocycles. The van der Waals surface area contributed by atoms with Gasteiger partial charge in [-0.3, -0.25) is 19.5 Å². The van der Waals surface area contributed by atoms with Gasteiger partial charge in [-0.25, -0.2) is 9.78 Å². The number of hydrogen-bond donors (Lipinski definition) is 1. The van der Waals surface area contributed by atoms with E-state index in [0.717, 1.165) is 18.2 Å². The van der Waals surface area contributed by atoms with Gasteiger partial charge in [-0.2, -0.15) is 0 Å². The Bertz CT molecular complexity index is 853. The lowest BCUT2D eigenvalue weighted by Crippen LogP contribution is -2.32. The van der Waals surface area contributed by atoms with Crippen LogP contribution in [0.4, 0.5) is 4.79 Å². The number of aromatic nitrogens is 2. The molecule has 1 aromatic heterocycles. The highest BCUT2D eigenvalue weighted by molar-refractivity contribution is 7.99. The molecule has 9 heteroatoms. The van der Waals surface area contributed by atoms with E-state index < -0.39 is 12.0 Å². The summed E-state index contributed by atoms with van der Waals surface area (Å²) in [5.41, 5.74) is 0.287. The Morgan fingerprint density at radius 1 is 1.36 bits per heavy atom. The second-order valence-electron chi connectivity index (χ2n) is 5.07. The van der Waals surface area contributed by atoms with Gasteiger partial charge in [0, 0.05) is 11.6 Å². The first-order chi connectivity index (χ1) is 12.0. The Balaban J connectivity index is 2.26. The van der Waals surface area contributed by atoms with Crippen LogP contribution < -0.4 is 10.9 Å². The number of benzene rings is 1.